The van der Waals surface area contributed by atoms with Gasteiger partial charge in [-0.05, 0) is 30.2 Å². The number of aromatic nitrogens is 2. The molecule has 1 N–H and O–H groups in total. The molecule has 3 aromatic rings. The molecule has 0 saturated heterocycles. The molecule has 25 heavy (non-hydrogen) atoms. The molecule has 0 aliphatic heterocycles. The van der Waals surface area contributed by atoms with Gasteiger partial charge in [0.1, 0.15) is 11.5 Å². The fourth-order valence-electron chi connectivity index (χ4n) is 2.72. The summed E-state index contributed by atoms with van der Waals surface area (Å²) in [7, 11) is 0. The molecule has 0 unspecified atom stereocenters. The zero-order valence-corrected chi connectivity index (χ0v) is 13.8. The SMILES string of the molecule is Cc1ccccc1C(=O)Cc1cn[nH]c1C(=O)Cc1ccc(F)cc1. The summed E-state index contributed by atoms with van der Waals surface area (Å²) in [5.41, 5.74) is 3.14. The Labute approximate surface area is 144 Å². The van der Waals surface area contributed by atoms with Crippen LogP contribution in [-0.2, 0) is 12.8 Å². The van der Waals surface area contributed by atoms with Crippen LogP contribution in [0.2, 0.25) is 0 Å². The predicted molar refractivity (Wildman–Crippen MR) is 92.2 cm³/mol. The van der Waals surface area contributed by atoms with E-state index in [0.29, 0.717) is 22.4 Å². The largest absolute Gasteiger partial charge is 0.294 e. The number of aryl methyl sites for hydroxylation is 1. The first-order chi connectivity index (χ1) is 12.0. The topological polar surface area (TPSA) is 62.8 Å². The van der Waals surface area contributed by atoms with E-state index in [2.05, 4.69) is 10.2 Å². The molecule has 0 spiro atoms. The Kier molecular flexibility index (Phi) is 4.84. The fourth-order valence-corrected chi connectivity index (χ4v) is 2.72. The first-order valence-electron chi connectivity index (χ1n) is 7.93. The molecule has 0 fully saturated rings. The Morgan fingerprint density at radius 3 is 2.44 bits per heavy atom. The van der Waals surface area contributed by atoms with E-state index in [-0.39, 0.29) is 30.2 Å². The highest BCUT2D eigenvalue weighted by Crippen LogP contribution is 2.15. The van der Waals surface area contributed by atoms with Crippen molar-refractivity contribution in [1.29, 1.82) is 0 Å². The molecule has 3 rings (SSSR count). The van der Waals surface area contributed by atoms with Gasteiger partial charge in [0.25, 0.3) is 0 Å². The number of benzene rings is 2. The minimum atomic E-state index is -0.345. The Morgan fingerprint density at radius 1 is 1.00 bits per heavy atom. The number of hydrogen-bond acceptors (Lipinski definition) is 3. The minimum absolute atomic E-state index is 0.0599. The smallest absolute Gasteiger partial charge is 0.185 e. The summed E-state index contributed by atoms with van der Waals surface area (Å²) < 4.78 is 13.0. The van der Waals surface area contributed by atoms with Crippen molar-refractivity contribution in [2.75, 3.05) is 0 Å². The maximum atomic E-state index is 13.0. The molecule has 1 heterocycles. The third kappa shape index (κ3) is 3.88. The first-order valence-corrected chi connectivity index (χ1v) is 7.93. The van der Waals surface area contributed by atoms with E-state index in [9.17, 15) is 14.0 Å². The van der Waals surface area contributed by atoms with Gasteiger partial charge in [0.15, 0.2) is 11.6 Å². The fraction of sp³-hybridized carbons (Fsp3) is 0.150. The van der Waals surface area contributed by atoms with Crippen LogP contribution in [0.25, 0.3) is 0 Å². The summed E-state index contributed by atoms with van der Waals surface area (Å²) in [5, 5.41) is 6.59. The van der Waals surface area contributed by atoms with Crippen molar-refractivity contribution in [2.24, 2.45) is 0 Å². The number of H-pyrrole nitrogens is 1. The summed E-state index contributed by atoms with van der Waals surface area (Å²) in [5.74, 6) is -0.589. The third-order valence-corrected chi connectivity index (χ3v) is 4.07. The van der Waals surface area contributed by atoms with Crippen molar-refractivity contribution < 1.29 is 14.0 Å². The second kappa shape index (κ2) is 7.21. The molecule has 2 aromatic carbocycles. The normalized spacial score (nSPS) is 10.6. The molecule has 0 aliphatic rings. The molecule has 0 saturated carbocycles. The first kappa shape index (κ1) is 16.8. The van der Waals surface area contributed by atoms with Gasteiger partial charge in [-0.3, -0.25) is 14.7 Å². The number of hydrogen-bond donors (Lipinski definition) is 1. The molecule has 0 radical (unpaired) electrons. The lowest BCUT2D eigenvalue weighted by Gasteiger charge is -2.05. The maximum absolute atomic E-state index is 13.0. The van der Waals surface area contributed by atoms with Gasteiger partial charge < -0.3 is 0 Å². The number of rotatable bonds is 6. The van der Waals surface area contributed by atoms with Gasteiger partial charge in [0, 0.05) is 24.0 Å². The van der Waals surface area contributed by atoms with Crippen molar-refractivity contribution in [3.8, 4) is 0 Å². The second-order valence-corrected chi connectivity index (χ2v) is 5.91. The molecule has 0 aliphatic carbocycles. The van der Waals surface area contributed by atoms with Crippen molar-refractivity contribution >= 4 is 11.6 Å². The zero-order chi connectivity index (χ0) is 17.8. The van der Waals surface area contributed by atoms with Crippen molar-refractivity contribution in [1.82, 2.24) is 10.2 Å². The van der Waals surface area contributed by atoms with E-state index in [0.717, 1.165) is 5.56 Å². The number of halogens is 1. The maximum Gasteiger partial charge on any atom is 0.185 e. The number of Topliss-reactive ketones (excluding diaryl/α,β-unsaturated/α-hetero) is 2. The molecule has 5 heteroatoms. The van der Waals surface area contributed by atoms with Gasteiger partial charge in [0.2, 0.25) is 0 Å². The number of carbonyl (C=O) groups is 2. The summed E-state index contributed by atoms with van der Waals surface area (Å²) in [6.45, 7) is 1.88. The number of aromatic amines is 1. The molecule has 0 bridgehead atoms. The Morgan fingerprint density at radius 2 is 1.72 bits per heavy atom. The number of carbonyl (C=O) groups excluding carboxylic acids is 2. The molecule has 1 aromatic heterocycles. The van der Waals surface area contributed by atoms with E-state index < -0.39 is 0 Å². The summed E-state index contributed by atoms with van der Waals surface area (Å²) in [4.78, 5) is 25.0. The average Bonchev–Trinajstić information content (AvgIpc) is 3.05. The standard InChI is InChI=1S/C20H17FN2O2/c1-13-4-2-3-5-17(13)18(24)11-15-12-22-23-20(15)19(25)10-14-6-8-16(21)9-7-14/h2-9,12H,10-11H2,1H3,(H,22,23). The van der Waals surface area contributed by atoms with Crippen LogP contribution in [0.3, 0.4) is 0 Å². The second-order valence-electron chi connectivity index (χ2n) is 5.91. The van der Waals surface area contributed by atoms with E-state index in [1.54, 1.807) is 18.2 Å². The van der Waals surface area contributed by atoms with Crippen LogP contribution < -0.4 is 0 Å². The van der Waals surface area contributed by atoms with Gasteiger partial charge in [-0.25, -0.2) is 4.39 Å². The molecule has 0 amide bonds. The van der Waals surface area contributed by atoms with Crippen LogP contribution in [0.1, 0.15) is 37.5 Å². The molecule has 126 valence electrons. The van der Waals surface area contributed by atoms with Gasteiger partial charge in [-0.1, -0.05) is 36.4 Å². The highest BCUT2D eigenvalue weighted by molar-refractivity contribution is 6.02. The summed E-state index contributed by atoms with van der Waals surface area (Å²) in [6, 6.07) is 13.1. The average molecular weight is 336 g/mol. The molecular formula is C20H17FN2O2. The third-order valence-electron chi connectivity index (χ3n) is 4.07. The quantitative estimate of drug-likeness (QED) is 0.698. The Balaban J connectivity index is 1.76. The highest BCUT2D eigenvalue weighted by atomic mass is 19.1. The van der Waals surface area contributed by atoms with E-state index >= 15 is 0 Å². The van der Waals surface area contributed by atoms with Crippen molar-refractivity contribution in [3.05, 3.63) is 88.5 Å². The number of nitrogens with zero attached hydrogens (tertiary/aromatic N) is 1. The summed E-state index contributed by atoms with van der Waals surface area (Å²) >= 11 is 0. The highest BCUT2D eigenvalue weighted by Gasteiger charge is 2.18. The minimum Gasteiger partial charge on any atom is -0.294 e. The Hall–Kier alpha value is -3.08. The van der Waals surface area contributed by atoms with E-state index in [4.69, 9.17) is 0 Å². The van der Waals surface area contributed by atoms with Gasteiger partial charge in [0.05, 0.1) is 6.20 Å². The monoisotopic (exact) mass is 336 g/mol. The van der Waals surface area contributed by atoms with Crippen molar-refractivity contribution in [3.63, 3.8) is 0 Å². The van der Waals surface area contributed by atoms with E-state index in [1.807, 2.05) is 25.1 Å². The zero-order valence-electron chi connectivity index (χ0n) is 13.8. The lowest BCUT2D eigenvalue weighted by Crippen LogP contribution is -2.11. The van der Waals surface area contributed by atoms with Crippen molar-refractivity contribution in [2.45, 2.75) is 19.8 Å². The van der Waals surface area contributed by atoms with Crippen LogP contribution in [0.5, 0.6) is 0 Å². The van der Waals surface area contributed by atoms with Crippen LogP contribution in [-0.4, -0.2) is 21.8 Å². The van der Waals surface area contributed by atoms with Crippen LogP contribution in [0.4, 0.5) is 4.39 Å². The van der Waals surface area contributed by atoms with Crippen LogP contribution in [0, 0.1) is 12.7 Å². The van der Waals surface area contributed by atoms with Crippen LogP contribution in [0.15, 0.2) is 54.7 Å². The van der Waals surface area contributed by atoms with Gasteiger partial charge in [-0.2, -0.15) is 5.10 Å². The molecule has 0 atom stereocenters. The lowest BCUT2D eigenvalue weighted by atomic mass is 9.97. The number of ketones is 2. The Bertz CT molecular complexity index is 913. The summed E-state index contributed by atoms with van der Waals surface area (Å²) in [6.07, 6.45) is 1.73. The molecule has 4 nitrogen and oxygen atoms in total. The van der Waals surface area contributed by atoms with Gasteiger partial charge in [-0.15, -0.1) is 0 Å². The van der Waals surface area contributed by atoms with Crippen LogP contribution >= 0.6 is 0 Å². The predicted octanol–water partition coefficient (Wildman–Crippen LogP) is 3.71. The lowest BCUT2D eigenvalue weighted by molar-refractivity contribution is 0.0985. The molecular weight excluding hydrogens is 319 g/mol. The van der Waals surface area contributed by atoms with Gasteiger partial charge >= 0.3 is 0 Å². The van der Waals surface area contributed by atoms with E-state index in [1.165, 1.54) is 18.3 Å². The number of nitrogens with one attached hydrogen (secondary N) is 1.